The van der Waals surface area contributed by atoms with Crippen molar-refractivity contribution in [3.63, 3.8) is 0 Å². The van der Waals surface area contributed by atoms with Gasteiger partial charge in [0.15, 0.2) is 6.29 Å². The van der Waals surface area contributed by atoms with Crippen molar-refractivity contribution in [2.75, 3.05) is 0 Å². The maximum atomic E-state index is 10.6. The molecule has 5 nitrogen and oxygen atoms in total. The van der Waals surface area contributed by atoms with E-state index in [1.807, 2.05) is 6.07 Å². The van der Waals surface area contributed by atoms with Crippen LogP contribution in [0.15, 0.2) is 12.1 Å². The Hall–Kier alpha value is -2.22. The zero-order valence-electron chi connectivity index (χ0n) is 7.35. The van der Waals surface area contributed by atoms with E-state index in [0.717, 1.165) is 0 Å². The lowest BCUT2D eigenvalue weighted by molar-refractivity contribution is -0.385. The lowest BCUT2D eigenvalue weighted by atomic mass is 10.1. The number of nitro groups is 1. The van der Waals surface area contributed by atoms with Crippen molar-refractivity contribution in [2.45, 2.75) is 6.92 Å². The van der Waals surface area contributed by atoms with Crippen molar-refractivity contribution in [1.29, 1.82) is 5.26 Å². The highest BCUT2D eigenvalue weighted by atomic mass is 16.6. The highest BCUT2D eigenvalue weighted by Crippen LogP contribution is 2.23. The molecule has 0 aromatic heterocycles. The number of carbonyl (C=O) groups excluding carboxylic acids is 1. The summed E-state index contributed by atoms with van der Waals surface area (Å²) in [5.74, 6) is 0. The molecule has 0 aliphatic rings. The number of benzene rings is 1. The third-order valence-electron chi connectivity index (χ3n) is 1.77. The van der Waals surface area contributed by atoms with E-state index in [9.17, 15) is 14.9 Å². The molecule has 1 aromatic carbocycles. The first-order valence-corrected chi connectivity index (χ1v) is 3.74. The van der Waals surface area contributed by atoms with Gasteiger partial charge in [0.1, 0.15) is 0 Å². The molecule has 1 aromatic rings. The van der Waals surface area contributed by atoms with Crippen LogP contribution in [0, 0.1) is 28.4 Å². The molecule has 0 saturated heterocycles. The van der Waals surface area contributed by atoms with Crippen molar-refractivity contribution in [3.8, 4) is 6.07 Å². The second kappa shape index (κ2) is 3.66. The van der Waals surface area contributed by atoms with Gasteiger partial charge in [0, 0.05) is 5.56 Å². The van der Waals surface area contributed by atoms with Gasteiger partial charge in [-0.25, -0.2) is 0 Å². The lowest BCUT2D eigenvalue weighted by Crippen LogP contribution is -1.98. The minimum Gasteiger partial charge on any atom is -0.298 e. The Kier molecular flexibility index (Phi) is 2.58. The van der Waals surface area contributed by atoms with Crippen molar-refractivity contribution in [1.82, 2.24) is 0 Å². The van der Waals surface area contributed by atoms with Crippen LogP contribution in [0.3, 0.4) is 0 Å². The van der Waals surface area contributed by atoms with Gasteiger partial charge in [0.2, 0.25) is 0 Å². The zero-order valence-corrected chi connectivity index (χ0v) is 7.35. The Balaban J connectivity index is 3.52. The maximum absolute atomic E-state index is 10.6. The number of nitrogens with zero attached hydrogens (tertiary/aromatic N) is 2. The van der Waals surface area contributed by atoms with Gasteiger partial charge in [-0.3, -0.25) is 14.9 Å². The van der Waals surface area contributed by atoms with Crippen LogP contribution >= 0.6 is 0 Å². The molecule has 0 spiro atoms. The number of nitriles is 1. The van der Waals surface area contributed by atoms with E-state index in [2.05, 4.69) is 0 Å². The van der Waals surface area contributed by atoms with Gasteiger partial charge in [-0.1, -0.05) is 0 Å². The molecule has 0 aliphatic carbocycles. The summed E-state index contributed by atoms with van der Waals surface area (Å²) in [5, 5.41) is 19.1. The fraction of sp³-hybridized carbons (Fsp3) is 0.111. The summed E-state index contributed by atoms with van der Waals surface area (Å²) in [4.78, 5) is 20.5. The molecule has 5 heteroatoms. The van der Waals surface area contributed by atoms with E-state index in [1.165, 1.54) is 19.1 Å². The standard InChI is InChI=1S/C9H6N2O3/c1-6-2-7(4-10)3-8(5-12)9(6)11(13)14/h2-3,5H,1H3. The summed E-state index contributed by atoms with van der Waals surface area (Å²) in [6.07, 6.45) is 0.381. The summed E-state index contributed by atoms with van der Waals surface area (Å²) >= 11 is 0. The molecule has 0 saturated carbocycles. The van der Waals surface area contributed by atoms with Crippen molar-refractivity contribution < 1.29 is 9.72 Å². The highest BCUT2D eigenvalue weighted by Gasteiger charge is 2.17. The van der Waals surface area contributed by atoms with Crippen molar-refractivity contribution >= 4 is 12.0 Å². The second-order valence-corrected chi connectivity index (χ2v) is 2.72. The number of rotatable bonds is 2. The summed E-state index contributed by atoms with van der Waals surface area (Å²) in [7, 11) is 0. The van der Waals surface area contributed by atoms with Crippen LogP contribution in [0.25, 0.3) is 0 Å². The number of hydrogen-bond donors (Lipinski definition) is 0. The number of aryl methyl sites for hydroxylation is 1. The molecule has 0 bridgehead atoms. The number of carbonyl (C=O) groups is 1. The van der Waals surface area contributed by atoms with Gasteiger partial charge in [0.05, 0.1) is 22.1 Å². The minimum absolute atomic E-state index is 0.0634. The van der Waals surface area contributed by atoms with Crippen LogP contribution in [0.2, 0.25) is 0 Å². The van der Waals surface area contributed by atoms with Crippen LogP contribution in [0.5, 0.6) is 0 Å². The van der Waals surface area contributed by atoms with Gasteiger partial charge < -0.3 is 0 Å². The predicted molar refractivity (Wildman–Crippen MR) is 47.9 cm³/mol. The first-order chi connectivity index (χ1) is 6.60. The zero-order chi connectivity index (χ0) is 10.7. The summed E-state index contributed by atoms with van der Waals surface area (Å²) in [6, 6.07) is 4.41. The van der Waals surface area contributed by atoms with Crippen LogP contribution < -0.4 is 0 Å². The third-order valence-corrected chi connectivity index (χ3v) is 1.77. The Bertz CT molecular complexity index is 446. The second-order valence-electron chi connectivity index (χ2n) is 2.72. The molecule has 0 N–H and O–H groups in total. The van der Waals surface area contributed by atoms with E-state index in [4.69, 9.17) is 5.26 Å². The van der Waals surface area contributed by atoms with Crippen LogP contribution in [0.1, 0.15) is 21.5 Å². The SMILES string of the molecule is Cc1cc(C#N)cc(C=O)c1[N+](=O)[O-]. The Labute approximate surface area is 79.7 Å². The summed E-state index contributed by atoms with van der Waals surface area (Å²) in [5.41, 5.74) is 0.261. The molecule has 14 heavy (non-hydrogen) atoms. The first-order valence-electron chi connectivity index (χ1n) is 3.74. The molecule has 0 unspecified atom stereocenters. The quantitative estimate of drug-likeness (QED) is 0.402. The van der Waals surface area contributed by atoms with E-state index < -0.39 is 4.92 Å². The largest absolute Gasteiger partial charge is 0.298 e. The molecule has 0 radical (unpaired) electrons. The molecular formula is C9H6N2O3. The highest BCUT2D eigenvalue weighted by molar-refractivity contribution is 5.83. The summed E-state index contributed by atoms with van der Waals surface area (Å²) in [6.45, 7) is 1.49. The fourth-order valence-corrected chi connectivity index (χ4v) is 1.21. The Morgan fingerprint density at radius 1 is 1.57 bits per heavy atom. The van der Waals surface area contributed by atoms with Crippen molar-refractivity contribution in [2.24, 2.45) is 0 Å². The van der Waals surface area contributed by atoms with Gasteiger partial charge in [0.25, 0.3) is 5.69 Å². The molecule has 0 atom stereocenters. The van der Waals surface area contributed by atoms with Gasteiger partial charge in [-0.15, -0.1) is 0 Å². The Morgan fingerprint density at radius 3 is 2.64 bits per heavy atom. The van der Waals surface area contributed by atoms with E-state index >= 15 is 0 Å². The van der Waals surface area contributed by atoms with Crippen LogP contribution in [0.4, 0.5) is 5.69 Å². The van der Waals surface area contributed by atoms with Gasteiger partial charge in [-0.05, 0) is 19.1 Å². The van der Waals surface area contributed by atoms with Crippen LogP contribution in [-0.4, -0.2) is 11.2 Å². The molecule has 70 valence electrons. The van der Waals surface area contributed by atoms with E-state index in [0.29, 0.717) is 11.8 Å². The molecular weight excluding hydrogens is 184 g/mol. The Morgan fingerprint density at radius 2 is 2.21 bits per heavy atom. The molecule has 1 rings (SSSR count). The van der Waals surface area contributed by atoms with Gasteiger partial charge in [-0.2, -0.15) is 5.26 Å². The van der Waals surface area contributed by atoms with E-state index in [-0.39, 0.29) is 16.8 Å². The molecule has 0 amide bonds. The number of hydrogen-bond acceptors (Lipinski definition) is 4. The summed E-state index contributed by atoms with van der Waals surface area (Å²) < 4.78 is 0. The topological polar surface area (TPSA) is 84.0 Å². The number of nitro benzene ring substituents is 1. The smallest absolute Gasteiger partial charge is 0.282 e. The van der Waals surface area contributed by atoms with Gasteiger partial charge >= 0.3 is 0 Å². The normalized spacial score (nSPS) is 9.14. The lowest BCUT2D eigenvalue weighted by Gasteiger charge is -2.00. The monoisotopic (exact) mass is 190 g/mol. The third kappa shape index (κ3) is 1.59. The fourth-order valence-electron chi connectivity index (χ4n) is 1.21. The number of aldehydes is 1. The minimum atomic E-state index is -0.625. The first kappa shape index (κ1) is 9.86. The average molecular weight is 190 g/mol. The van der Waals surface area contributed by atoms with Crippen LogP contribution in [-0.2, 0) is 0 Å². The maximum Gasteiger partial charge on any atom is 0.282 e. The van der Waals surface area contributed by atoms with E-state index in [1.54, 1.807) is 0 Å². The average Bonchev–Trinajstić information content (AvgIpc) is 2.15. The predicted octanol–water partition coefficient (Wildman–Crippen LogP) is 1.59. The van der Waals surface area contributed by atoms with Crippen molar-refractivity contribution in [3.05, 3.63) is 38.9 Å². The molecule has 0 fully saturated rings. The molecule has 0 heterocycles. The molecule has 0 aliphatic heterocycles.